The summed E-state index contributed by atoms with van der Waals surface area (Å²) in [6, 6.07) is -0.0261. The van der Waals surface area contributed by atoms with Crippen molar-refractivity contribution in [2.75, 3.05) is 14.2 Å². The van der Waals surface area contributed by atoms with E-state index in [0.717, 1.165) is 37.5 Å². The molecule has 0 fully saturated rings. The van der Waals surface area contributed by atoms with Crippen LogP contribution in [0.15, 0.2) is 22.1 Å². The van der Waals surface area contributed by atoms with Gasteiger partial charge in [-0.15, -0.1) is 0 Å². The van der Waals surface area contributed by atoms with Crippen molar-refractivity contribution in [3.63, 3.8) is 0 Å². The maximum absolute atomic E-state index is 5.57. The highest BCUT2D eigenvalue weighted by Gasteiger charge is 2.42. The van der Waals surface area contributed by atoms with Gasteiger partial charge in [-0.2, -0.15) is 0 Å². The molecule has 0 bridgehead atoms. The highest BCUT2D eigenvalue weighted by molar-refractivity contribution is 5.96. The maximum atomic E-state index is 5.57. The Hall–Kier alpha value is -1.32. The van der Waals surface area contributed by atoms with Gasteiger partial charge in [0.25, 0.3) is 0 Å². The van der Waals surface area contributed by atoms with E-state index in [1.807, 2.05) is 0 Å². The van der Waals surface area contributed by atoms with E-state index in [1.165, 1.54) is 0 Å². The Bertz CT molecular complexity index is 400. The lowest BCUT2D eigenvalue weighted by Crippen LogP contribution is -2.46. The SMILES string of the molecule is COC1=NC2(CCC=CCC2)C(OC)=NC1C(C)C. The zero-order chi connectivity index (χ0) is 13.9. The third-order valence-corrected chi connectivity index (χ3v) is 3.88. The lowest BCUT2D eigenvalue weighted by Gasteiger charge is -2.35. The molecule has 1 aliphatic heterocycles. The van der Waals surface area contributed by atoms with Gasteiger partial charge >= 0.3 is 0 Å². The van der Waals surface area contributed by atoms with Crippen LogP contribution in [0.5, 0.6) is 0 Å². The van der Waals surface area contributed by atoms with E-state index in [-0.39, 0.29) is 11.6 Å². The maximum Gasteiger partial charge on any atom is 0.212 e. The lowest BCUT2D eigenvalue weighted by atomic mass is 9.87. The molecule has 0 N–H and O–H groups in total. The lowest BCUT2D eigenvalue weighted by molar-refractivity contribution is 0.292. The number of aliphatic imine (C=N–C) groups is 2. The Balaban J connectivity index is 2.37. The van der Waals surface area contributed by atoms with Crippen LogP contribution in [0.3, 0.4) is 0 Å². The van der Waals surface area contributed by atoms with Gasteiger partial charge in [0.2, 0.25) is 11.8 Å². The summed E-state index contributed by atoms with van der Waals surface area (Å²) >= 11 is 0. The number of hydrogen-bond acceptors (Lipinski definition) is 4. The van der Waals surface area contributed by atoms with E-state index in [0.29, 0.717) is 5.92 Å². The van der Waals surface area contributed by atoms with E-state index in [1.54, 1.807) is 14.2 Å². The second-order valence-corrected chi connectivity index (χ2v) is 5.56. The molecule has 0 saturated carbocycles. The summed E-state index contributed by atoms with van der Waals surface area (Å²) in [5.41, 5.74) is -0.324. The standard InChI is InChI=1S/C15H24N2O2/c1-11(2)12-13(18-3)17-15(14(16-12)19-4)9-7-5-6-8-10-15/h5-6,11-12H,7-10H2,1-4H3. The molecule has 2 rings (SSSR count). The van der Waals surface area contributed by atoms with Gasteiger partial charge in [0.05, 0.1) is 14.2 Å². The van der Waals surface area contributed by atoms with Crippen molar-refractivity contribution in [2.24, 2.45) is 15.9 Å². The number of allylic oxidation sites excluding steroid dienone is 2. The molecule has 0 aromatic heterocycles. The van der Waals surface area contributed by atoms with Gasteiger partial charge in [0, 0.05) is 0 Å². The summed E-state index contributed by atoms with van der Waals surface area (Å²) in [7, 11) is 3.38. The van der Waals surface area contributed by atoms with Crippen LogP contribution in [0, 0.1) is 5.92 Å². The van der Waals surface area contributed by atoms with E-state index in [2.05, 4.69) is 26.0 Å². The molecule has 0 saturated heterocycles. The van der Waals surface area contributed by atoms with Gasteiger partial charge in [-0.05, 0) is 31.6 Å². The zero-order valence-electron chi connectivity index (χ0n) is 12.3. The Labute approximate surface area is 115 Å². The quantitative estimate of drug-likeness (QED) is 0.683. The Morgan fingerprint density at radius 2 is 1.79 bits per heavy atom. The van der Waals surface area contributed by atoms with Crippen molar-refractivity contribution in [1.29, 1.82) is 0 Å². The Morgan fingerprint density at radius 1 is 1.16 bits per heavy atom. The minimum Gasteiger partial charge on any atom is -0.483 e. The molecule has 4 heteroatoms. The molecule has 106 valence electrons. The molecule has 1 heterocycles. The van der Waals surface area contributed by atoms with Gasteiger partial charge in [-0.3, -0.25) is 0 Å². The smallest absolute Gasteiger partial charge is 0.212 e. The minimum atomic E-state index is -0.324. The first kappa shape index (κ1) is 14.1. The molecule has 1 spiro atoms. The van der Waals surface area contributed by atoms with Crippen LogP contribution in [0.1, 0.15) is 39.5 Å². The first-order valence-electron chi connectivity index (χ1n) is 7.04. The fourth-order valence-corrected chi connectivity index (χ4v) is 2.80. The third-order valence-electron chi connectivity index (χ3n) is 3.88. The highest BCUT2D eigenvalue weighted by atomic mass is 16.5. The molecule has 19 heavy (non-hydrogen) atoms. The van der Waals surface area contributed by atoms with Crippen LogP contribution in [0.2, 0.25) is 0 Å². The molecule has 4 nitrogen and oxygen atoms in total. The Morgan fingerprint density at radius 3 is 2.26 bits per heavy atom. The van der Waals surface area contributed by atoms with E-state index in [9.17, 15) is 0 Å². The van der Waals surface area contributed by atoms with E-state index >= 15 is 0 Å². The summed E-state index contributed by atoms with van der Waals surface area (Å²) in [5, 5.41) is 0. The number of rotatable bonds is 1. The summed E-state index contributed by atoms with van der Waals surface area (Å²) in [6.07, 6.45) is 8.34. The number of hydrogen-bond donors (Lipinski definition) is 0. The molecule has 1 aliphatic carbocycles. The fraction of sp³-hybridized carbons (Fsp3) is 0.733. The molecule has 0 aromatic rings. The van der Waals surface area contributed by atoms with E-state index in [4.69, 9.17) is 19.5 Å². The van der Waals surface area contributed by atoms with Crippen molar-refractivity contribution in [3.05, 3.63) is 12.2 Å². The van der Waals surface area contributed by atoms with Crippen LogP contribution in [-0.2, 0) is 9.47 Å². The van der Waals surface area contributed by atoms with Gasteiger partial charge in [-0.25, -0.2) is 9.98 Å². The number of methoxy groups -OCH3 is 2. The summed E-state index contributed by atoms with van der Waals surface area (Å²) in [4.78, 5) is 9.69. The first-order chi connectivity index (χ1) is 9.13. The first-order valence-corrected chi connectivity index (χ1v) is 7.04. The largest absolute Gasteiger partial charge is 0.483 e. The molecular weight excluding hydrogens is 240 g/mol. The highest BCUT2D eigenvalue weighted by Crippen LogP contribution is 2.34. The second-order valence-electron chi connectivity index (χ2n) is 5.56. The molecule has 0 radical (unpaired) electrons. The summed E-state index contributed by atoms with van der Waals surface area (Å²) < 4.78 is 11.1. The molecular formula is C15H24N2O2. The van der Waals surface area contributed by atoms with Crippen LogP contribution < -0.4 is 0 Å². The van der Waals surface area contributed by atoms with Crippen LogP contribution in [0.25, 0.3) is 0 Å². The fourth-order valence-electron chi connectivity index (χ4n) is 2.80. The van der Waals surface area contributed by atoms with Gasteiger partial charge in [-0.1, -0.05) is 26.0 Å². The molecule has 0 amide bonds. The van der Waals surface area contributed by atoms with Crippen LogP contribution >= 0.6 is 0 Å². The predicted octanol–water partition coefficient (Wildman–Crippen LogP) is 2.98. The normalized spacial score (nSPS) is 25.8. The molecule has 1 unspecified atom stereocenters. The van der Waals surface area contributed by atoms with Crippen molar-refractivity contribution in [2.45, 2.75) is 51.1 Å². The van der Waals surface area contributed by atoms with Crippen molar-refractivity contribution >= 4 is 11.8 Å². The van der Waals surface area contributed by atoms with Crippen molar-refractivity contribution in [1.82, 2.24) is 0 Å². The monoisotopic (exact) mass is 264 g/mol. The van der Waals surface area contributed by atoms with Gasteiger partial charge < -0.3 is 9.47 Å². The van der Waals surface area contributed by atoms with Crippen LogP contribution in [-0.4, -0.2) is 37.6 Å². The van der Waals surface area contributed by atoms with E-state index < -0.39 is 0 Å². The molecule has 2 aliphatic rings. The zero-order valence-corrected chi connectivity index (χ0v) is 12.3. The average molecular weight is 264 g/mol. The topological polar surface area (TPSA) is 43.2 Å². The summed E-state index contributed by atoms with van der Waals surface area (Å²) in [6.45, 7) is 4.26. The van der Waals surface area contributed by atoms with Gasteiger partial charge in [0.15, 0.2) is 0 Å². The van der Waals surface area contributed by atoms with Crippen molar-refractivity contribution < 1.29 is 9.47 Å². The van der Waals surface area contributed by atoms with Crippen molar-refractivity contribution in [3.8, 4) is 0 Å². The average Bonchev–Trinajstić information content (AvgIpc) is 2.64. The minimum absolute atomic E-state index is 0.0261. The van der Waals surface area contributed by atoms with Gasteiger partial charge in [0.1, 0.15) is 11.6 Å². The number of nitrogens with zero attached hydrogens (tertiary/aromatic N) is 2. The second kappa shape index (κ2) is 5.76. The van der Waals surface area contributed by atoms with Crippen LogP contribution in [0.4, 0.5) is 0 Å². The molecule has 1 atom stereocenters. The molecule has 0 aromatic carbocycles. The predicted molar refractivity (Wildman–Crippen MR) is 77.9 cm³/mol. The number of ether oxygens (including phenoxy) is 2. The Kier molecular flexibility index (Phi) is 4.27. The summed E-state index contributed by atoms with van der Waals surface area (Å²) in [5.74, 6) is 1.87. The third kappa shape index (κ3) is 2.67.